The zero-order chi connectivity index (χ0) is 27.5. The second-order valence-corrected chi connectivity index (χ2v) is 7.55. The van der Waals surface area contributed by atoms with Gasteiger partial charge in [-0.15, -0.1) is 0 Å². The van der Waals surface area contributed by atoms with E-state index in [-0.39, 0.29) is 33.6 Å². The van der Waals surface area contributed by atoms with Gasteiger partial charge < -0.3 is 10.2 Å². The van der Waals surface area contributed by atoms with Gasteiger partial charge in [-0.3, -0.25) is 24.5 Å². The average molecular weight is 467 g/mol. The van der Waals surface area contributed by atoms with E-state index in [0.717, 1.165) is 17.0 Å². The molecule has 1 fully saturated rings. The first-order valence-corrected chi connectivity index (χ1v) is 9.69. The molecule has 166 valence electrons. The fourth-order valence-corrected chi connectivity index (χ4v) is 3.50. The van der Waals surface area contributed by atoms with Crippen molar-refractivity contribution in [3.8, 4) is 0 Å². The molecule has 32 heavy (non-hydrogen) atoms. The van der Waals surface area contributed by atoms with Crippen LogP contribution in [0.5, 0.6) is 0 Å². The molecule has 2 aliphatic heterocycles. The Balaban J connectivity index is 1.54. The summed E-state index contributed by atoms with van der Waals surface area (Å²) >= 11 is 5.69. The van der Waals surface area contributed by atoms with Crippen LogP contribution in [-0.2, 0) is 33.4 Å². The third-order valence-electron chi connectivity index (χ3n) is 5.00. The van der Waals surface area contributed by atoms with Crippen LogP contribution in [0.3, 0.4) is 0 Å². The number of piperidine rings is 1. The Morgan fingerprint density at radius 2 is 1.97 bits per heavy atom. The number of hydrogen-bond donors (Lipinski definition) is 2. The van der Waals surface area contributed by atoms with E-state index in [2.05, 4.69) is 0 Å². The molecule has 2 N–H and O–H groups in total. The van der Waals surface area contributed by atoms with Gasteiger partial charge in [0.25, 0.3) is 11.8 Å². The smallest absolute Gasteiger partial charge is 0.346 e. The number of rotatable bonds is 5. The van der Waals surface area contributed by atoms with Gasteiger partial charge in [-0.25, -0.2) is 0 Å². The SMILES string of the molecule is [2H]N(Cc1ccc2c(c1)CN(C1C(=O)NC(=O)C([2H])([2H])C1([2H])[2H])C2=O)C(=O)C(F)(F)c1ccc(Cl)cc1. The highest BCUT2D eigenvalue weighted by molar-refractivity contribution is 6.30. The number of halogens is 3. The molecule has 2 aliphatic rings. The van der Waals surface area contributed by atoms with Crippen LogP contribution in [0, 0.1) is 0 Å². The predicted octanol–water partition coefficient (Wildman–Crippen LogP) is 2.51. The monoisotopic (exact) mass is 466 g/mol. The third kappa shape index (κ3) is 4.08. The van der Waals surface area contributed by atoms with Crippen LogP contribution in [0.15, 0.2) is 42.5 Å². The molecule has 2 heterocycles. The quantitative estimate of drug-likeness (QED) is 0.662. The van der Waals surface area contributed by atoms with Gasteiger partial charge >= 0.3 is 5.92 Å². The molecular formula is C22H18ClF2N3O4. The number of fused-ring (bicyclic) bond motifs is 1. The summed E-state index contributed by atoms with van der Waals surface area (Å²) in [5.41, 5.74) is -0.161. The minimum Gasteiger partial charge on any atom is -0.346 e. The van der Waals surface area contributed by atoms with Crippen LogP contribution in [0.4, 0.5) is 8.78 Å². The first-order valence-electron chi connectivity index (χ1n) is 11.8. The molecular weight excluding hydrogens is 444 g/mol. The number of amides is 4. The molecule has 1 atom stereocenters. The third-order valence-corrected chi connectivity index (χ3v) is 5.25. The van der Waals surface area contributed by atoms with Crippen molar-refractivity contribution >= 4 is 35.2 Å². The Bertz CT molecular complexity index is 1330. The van der Waals surface area contributed by atoms with Gasteiger partial charge in [0.05, 0.1) is 0 Å². The summed E-state index contributed by atoms with van der Waals surface area (Å²) in [5.74, 6) is -9.25. The van der Waals surface area contributed by atoms with Gasteiger partial charge in [0.15, 0.2) is 1.41 Å². The molecule has 4 rings (SSSR count). The minimum atomic E-state index is -4.01. The van der Waals surface area contributed by atoms with E-state index >= 15 is 0 Å². The Morgan fingerprint density at radius 3 is 2.69 bits per heavy atom. The number of hydrogen-bond acceptors (Lipinski definition) is 4. The maximum atomic E-state index is 14.6. The van der Waals surface area contributed by atoms with Crippen LogP contribution in [-0.4, -0.2) is 34.6 Å². The number of imide groups is 1. The lowest BCUT2D eigenvalue weighted by molar-refractivity contribution is -0.147. The Kier molecular flexibility index (Phi) is 4.24. The summed E-state index contributed by atoms with van der Waals surface area (Å²) in [5, 5.41) is 2.01. The summed E-state index contributed by atoms with van der Waals surface area (Å²) in [4.78, 5) is 50.3. The first kappa shape index (κ1) is 16.3. The van der Waals surface area contributed by atoms with Crippen molar-refractivity contribution < 1.29 is 34.9 Å². The number of carbonyl (C=O) groups is 4. The highest BCUT2D eigenvalue weighted by Crippen LogP contribution is 2.30. The molecule has 7 nitrogen and oxygen atoms in total. The van der Waals surface area contributed by atoms with Crippen LogP contribution in [0.1, 0.15) is 45.3 Å². The fourth-order valence-electron chi connectivity index (χ4n) is 3.38. The molecule has 0 aromatic heterocycles. The van der Waals surface area contributed by atoms with Crippen LogP contribution < -0.4 is 10.6 Å². The van der Waals surface area contributed by atoms with E-state index in [1.165, 1.54) is 30.3 Å². The normalized spacial score (nSPS) is 23.8. The van der Waals surface area contributed by atoms with Crippen molar-refractivity contribution in [2.24, 2.45) is 0 Å². The van der Waals surface area contributed by atoms with Crippen molar-refractivity contribution in [2.75, 3.05) is 0 Å². The maximum Gasteiger partial charge on any atom is 0.349 e. The maximum absolute atomic E-state index is 14.6. The van der Waals surface area contributed by atoms with Crippen molar-refractivity contribution in [1.29, 1.82) is 0 Å². The van der Waals surface area contributed by atoms with Gasteiger partial charge in [-0.05, 0) is 35.7 Å². The summed E-state index contributed by atoms with van der Waals surface area (Å²) in [6, 6.07) is 6.29. The number of benzene rings is 2. The first-order chi connectivity index (χ1) is 17.1. The number of carbonyl (C=O) groups excluding carboxylic acids is 4. The molecule has 1 unspecified atom stereocenters. The van der Waals surface area contributed by atoms with E-state index in [1.54, 1.807) is 5.32 Å². The lowest BCUT2D eigenvalue weighted by atomic mass is 10.0. The Hall–Kier alpha value is -3.33. The topological polar surface area (TPSA) is 95.6 Å². The van der Waals surface area contributed by atoms with Gasteiger partial charge in [-0.1, -0.05) is 35.9 Å². The highest BCUT2D eigenvalue weighted by Gasteiger charge is 2.41. The van der Waals surface area contributed by atoms with E-state index < -0.39 is 60.4 Å². The lowest BCUT2D eigenvalue weighted by Crippen LogP contribution is -2.52. The zero-order valence-electron chi connectivity index (χ0n) is 21.2. The molecule has 4 amide bonds. The van der Waals surface area contributed by atoms with Crippen molar-refractivity contribution in [3.63, 3.8) is 0 Å². The largest absolute Gasteiger partial charge is 0.349 e. The van der Waals surface area contributed by atoms with Gasteiger partial charge in [0, 0.05) is 41.1 Å². The Labute approximate surface area is 193 Å². The summed E-state index contributed by atoms with van der Waals surface area (Å²) in [6.45, 7) is -0.929. The minimum absolute atomic E-state index is 0.0409. The van der Waals surface area contributed by atoms with E-state index in [4.69, 9.17) is 18.5 Å². The molecule has 0 aliphatic carbocycles. The molecule has 0 radical (unpaired) electrons. The molecule has 0 bridgehead atoms. The summed E-state index contributed by atoms with van der Waals surface area (Å²) in [6.07, 6.45) is -6.15. The van der Waals surface area contributed by atoms with Crippen LogP contribution in [0.25, 0.3) is 0 Å². The average Bonchev–Trinajstić information content (AvgIpc) is 3.12. The number of nitrogens with zero attached hydrogens (tertiary/aromatic N) is 1. The lowest BCUT2D eigenvalue weighted by Gasteiger charge is -2.29. The highest BCUT2D eigenvalue weighted by atomic mass is 35.5. The standard InChI is InChI=1S/C22H18ClF2N3O4/c23-15-4-2-14(3-5-15)22(24,25)21(32)26-10-12-1-6-16-13(9-12)11-28(20(16)31)17-7-8-18(29)27-19(17)30/h1-6,9,17H,7-8,10-11H2,(H,26,32)(H,27,29,30)/i7D2,8D2/hD. The molecule has 2 aromatic rings. The second-order valence-electron chi connectivity index (χ2n) is 7.12. The van der Waals surface area contributed by atoms with Crippen molar-refractivity contribution in [2.45, 2.75) is 37.8 Å². The summed E-state index contributed by atoms with van der Waals surface area (Å²) < 4.78 is 68.9. The number of nitrogens with one attached hydrogen (secondary N) is 2. The Morgan fingerprint density at radius 1 is 1.25 bits per heavy atom. The van der Waals surface area contributed by atoms with E-state index in [1.807, 2.05) is 0 Å². The van der Waals surface area contributed by atoms with Crippen molar-refractivity contribution in [3.05, 3.63) is 69.7 Å². The molecule has 0 spiro atoms. The molecule has 1 saturated heterocycles. The van der Waals surface area contributed by atoms with E-state index in [9.17, 15) is 28.0 Å². The fraction of sp³-hybridized carbons (Fsp3) is 0.273. The van der Waals surface area contributed by atoms with Crippen LogP contribution >= 0.6 is 11.6 Å². The zero-order valence-corrected chi connectivity index (χ0v) is 17.0. The van der Waals surface area contributed by atoms with Crippen LogP contribution in [0.2, 0.25) is 6.43 Å². The molecule has 10 heteroatoms. The van der Waals surface area contributed by atoms with E-state index in [0.29, 0.717) is 0 Å². The summed E-state index contributed by atoms with van der Waals surface area (Å²) in [7, 11) is 0. The predicted molar refractivity (Wildman–Crippen MR) is 110 cm³/mol. The van der Waals surface area contributed by atoms with Gasteiger partial charge in [0.2, 0.25) is 11.8 Å². The molecule has 2 aromatic carbocycles. The van der Waals surface area contributed by atoms with Gasteiger partial charge in [-0.2, -0.15) is 8.78 Å². The van der Waals surface area contributed by atoms with Gasteiger partial charge in [0.1, 0.15) is 6.04 Å². The van der Waals surface area contributed by atoms with Crippen molar-refractivity contribution in [1.82, 2.24) is 15.5 Å². The second kappa shape index (κ2) is 8.31. The number of alkyl halides is 2. The molecule has 0 saturated carbocycles.